The summed E-state index contributed by atoms with van der Waals surface area (Å²) in [5.74, 6) is -1.23. The van der Waals surface area contributed by atoms with Crippen LogP contribution in [-0.2, 0) is 20.9 Å². The van der Waals surface area contributed by atoms with E-state index in [4.69, 9.17) is 0 Å². The first-order valence-corrected chi connectivity index (χ1v) is 16.1. The van der Waals surface area contributed by atoms with Gasteiger partial charge in [0.25, 0.3) is 0 Å². The number of benzene rings is 1. The number of carbonyl (C=O) groups is 3. The number of rotatable bonds is 12. The molecule has 1 aliphatic carbocycles. The van der Waals surface area contributed by atoms with Gasteiger partial charge in [0.15, 0.2) is 0 Å². The van der Waals surface area contributed by atoms with Crippen LogP contribution in [0.25, 0.3) is 0 Å². The Balaban J connectivity index is 1.51. The minimum Gasteiger partial charge on any atom is -0.396 e. The molecule has 7 nitrogen and oxygen atoms in total. The summed E-state index contributed by atoms with van der Waals surface area (Å²) in [6.07, 6.45) is 10.8. The third kappa shape index (κ3) is 5.27. The van der Waals surface area contributed by atoms with Gasteiger partial charge in [-0.25, -0.2) is 0 Å². The maximum absolute atomic E-state index is 14.6. The van der Waals surface area contributed by atoms with E-state index in [0.717, 1.165) is 44.1 Å². The van der Waals surface area contributed by atoms with Crippen LogP contribution in [0.4, 0.5) is 0 Å². The number of aliphatic hydroxyl groups is 1. The number of hydrogen-bond acceptors (Lipinski definition) is 5. The number of thioether (sulfide) groups is 1. The molecule has 3 amide bonds. The van der Waals surface area contributed by atoms with E-state index >= 15 is 0 Å². The van der Waals surface area contributed by atoms with Crippen LogP contribution in [0.15, 0.2) is 55.6 Å². The highest BCUT2D eigenvalue weighted by atomic mass is 32.2. The zero-order chi connectivity index (χ0) is 29.2. The van der Waals surface area contributed by atoms with Crippen molar-refractivity contribution in [3.63, 3.8) is 0 Å². The molecular weight excluding hydrogens is 534 g/mol. The van der Waals surface area contributed by atoms with Gasteiger partial charge in [-0.3, -0.25) is 14.4 Å². The fourth-order valence-corrected chi connectivity index (χ4v) is 10.4. The summed E-state index contributed by atoms with van der Waals surface area (Å²) < 4.78 is -1.08. The van der Waals surface area contributed by atoms with Crippen molar-refractivity contribution in [3.05, 3.63) is 61.2 Å². The first kappa shape index (κ1) is 29.9. The molecule has 5 atom stereocenters. The summed E-state index contributed by atoms with van der Waals surface area (Å²) in [4.78, 5) is 49.0. The third-order valence-corrected chi connectivity index (χ3v) is 11.8. The SMILES string of the molecule is C=CCN(Cc1ccccc1)C(=O)[C@H]1[C@H]2C(=O)N(CCCO)C(C(=O)N(CC=C)C3CCCCC3)C23CC[C@]1(C)S3. The molecule has 2 unspecified atom stereocenters. The monoisotopic (exact) mass is 579 g/mol. The van der Waals surface area contributed by atoms with Crippen molar-refractivity contribution < 1.29 is 19.5 Å². The summed E-state index contributed by atoms with van der Waals surface area (Å²) in [5, 5.41) is 9.70. The van der Waals surface area contributed by atoms with Gasteiger partial charge in [0.2, 0.25) is 17.7 Å². The highest BCUT2D eigenvalue weighted by Crippen LogP contribution is 2.71. The first-order valence-electron chi connectivity index (χ1n) is 15.3. The average Bonchev–Trinajstić information content (AvgIpc) is 3.55. The van der Waals surface area contributed by atoms with E-state index in [0.29, 0.717) is 32.6 Å². The molecule has 0 aromatic heterocycles. The predicted molar refractivity (Wildman–Crippen MR) is 163 cm³/mol. The highest BCUT2D eigenvalue weighted by Gasteiger charge is 2.77. The topological polar surface area (TPSA) is 81.2 Å². The van der Waals surface area contributed by atoms with Gasteiger partial charge in [-0.15, -0.1) is 24.9 Å². The number of amides is 3. The molecule has 5 rings (SSSR count). The molecule has 1 aromatic carbocycles. The number of nitrogens with zero attached hydrogens (tertiary/aromatic N) is 3. The van der Waals surface area contributed by atoms with Gasteiger partial charge in [0, 0.05) is 43.6 Å². The minimum absolute atomic E-state index is 0.0114. The Morgan fingerprint density at radius 2 is 1.78 bits per heavy atom. The Hall–Kier alpha value is -2.58. The lowest BCUT2D eigenvalue weighted by atomic mass is 9.66. The van der Waals surface area contributed by atoms with Crippen LogP contribution in [0, 0.1) is 11.8 Å². The molecule has 0 radical (unpaired) electrons. The van der Waals surface area contributed by atoms with Crippen LogP contribution in [0.1, 0.15) is 63.9 Å². The Bertz CT molecular complexity index is 1150. The van der Waals surface area contributed by atoms with E-state index in [1.165, 1.54) is 6.42 Å². The second-order valence-corrected chi connectivity index (χ2v) is 14.3. The quantitative estimate of drug-likeness (QED) is 0.371. The van der Waals surface area contributed by atoms with E-state index in [1.54, 1.807) is 28.8 Å². The van der Waals surface area contributed by atoms with Crippen molar-refractivity contribution in [1.82, 2.24) is 14.7 Å². The molecule has 3 saturated heterocycles. The van der Waals surface area contributed by atoms with Gasteiger partial charge in [0.05, 0.1) is 16.6 Å². The van der Waals surface area contributed by atoms with Gasteiger partial charge in [0.1, 0.15) is 6.04 Å². The maximum Gasteiger partial charge on any atom is 0.247 e. The van der Waals surface area contributed by atoms with Crippen LogP contribution >= 0.6 is 11.8 Å². The smallest absolute Gasteiger partial charge is 0.247 e. The van der Waals surface area contributed by atoms with Crippen LogP contribution in [0.2, 0.25) is 0 Å². The van der Waals surface area contributed by atoms with Crippen LogP contribution in [0.3, 0.4) is 0 Å². The van der Waals surface area contributed by atoms with Gasteiger partial charge in [-0.2, -0.15) is 0 Å². The van der Waals surface area contributed by atoms with E-state index in [-0.39, 0.29) is 30.4 Å². The van der Waals surface area contributed by atoms with Gasteiger partial charge >= 0.3 is 0 Å². The van der Waals surface area contributed by atoms with Crippen molar-refractivity contribution in [2.45, 2.75) is 86.4 Å². The Morgan fingerprint density at radius 1 is 1.07 bits per heavy atom. The van der Waals surface area contributed by atoms with Gasteiger partial charge < -0.3 is 19.8 Å². The molecule has 41 heavy (non-hydrogen) atoms. The molecule has 1 aromatic rings. The molecule has 8 heteroatoms. The lowest BCUT2D eigenvalue weighted by molar-refractivity contribution is -0.146. The zero-order valence-electron chi connectivity index (χ0n) is 24.4. The lowest BCUT2D eigenvalue weighted by Crippen LogP contribution is -2.57. The summed E-state index contributed by atoms with van der Waals surface area (Å²) in [5.41, 5.74) is 1.03. The summed E-state index contributed by atoms with van der Waals surface area (Å²) >= 11 is 1.72. The number of hydrogen-bond donors (Lipinski definition) is 1. The van der Waals surface area contributed by atoms with E-state index in [2.05, 4.69) is 20.1 Å². The minimum atomic E-state index is -0.653. The molecule has 222 valence electrons. The lowest BCUT2D eigenvalue weighted by Gasteiger charge is -2.41. The van der Waals surface area contributed by atoms with Crippen LogP contribution < -0.4 is 0 Å². The predicted octanol–water partition coefficient (Wildman–Crippen LogP) is 4.41. The molecule has 3 aliphatic heterocycles. The number of fused-ring (bicyclic) bond motifs is 1. The van der Waals surface area contributed by atoms with Gasteiger partial charge in [-0.1, -0.05) is 61.7 Å². The van der Waals surface area contributed by atoms with Crippen molar-refractivity contribution in [1.29, 1.82) is 0 Å². The normalized spacial score (nSPS) is 30.7. The molecule has 2 bridgehead atoms. The molecule has 1 N–H and O–H groups in total. The molecule has 4 aliphatic rings. The van der Waals surface area contributed by atoms with Crippen molar-refractivity contribution in [2.75, 3.05) is 26.2 Å². The second kappa shape index (κ2) is 12.3. The number of aliphatic hydroxyl groups excluding tert-OH is 1. The van der Waals surface area contributed by atoms with Crippen molar-refractivity contribution >= 4 is 29.5 Å². The van der Waals surface area contributed by atoms with E-state index < -0.39 is 27.4 Å². The Kier molecular flexibility index (Phi) is 9.00. The second-order valence-electron chi connectivity index (χ2n) is 12.4. The summed E-state index contributed by atoms with van der Waals surface area (Å²) in [6.45, 7) is 11.5. The third-order valence-electron chi connectivity index (χ3n) is 9.84. The fourth-order valence-electron chi connectivity index (χ4n) is 8.06. The molecular formula is C33H45N3O4S. The number of carbonyl (C=O) groups excluding carboxylic acids is 3. The Labute approximate surface area is 249 Å². The average molecular weight is 580 g/mol. The standard InChI is InChI=1S/C33H45N3O4S/c1-4-19-34(23-24-13-8-6-9-14-24)29(38)26-27-30(39)36(21-12-22-37)28(33(27)18-17-32(26,3)41-33)31(40)35(20-5-2)25-15-10-7-11-16-25/h4-6,8-9,13-14,25-28,37H,1-2,7,10-12,15-23H2,3H3/t26-,27+,28?,32+,33?/m1/s1. The summed E-state index contributed by atoms with van der Waals surface area (Å²) in [6, 6.07) is 9.41. The van der Waals surface area contributed by atoms with Crippen molar-refractivity contribution in [2.24, 2.45) is 11.8 Å². The maximum atomic E-state index is 14.6. The number of likely N-dealkylation sites (tertiary alicyclic amines) is 1. The first-order chi connectivity index (χ1) is 19.8. The fraction of sp³-hybridized carbons (Fsp3) is 0.606. The Morgan fingerprint density at radius 3 is 2.44 bits per heavy atom. The summed E-state index contributed by atoms with van der Waals surface area (Å²) in [7, 11) is 0. The zero-order valence-corrected chi connectivity index (χ0v) is 25.2. The van der Waals surface area contributed by atoms with Crippen LogP contribution in [0.5, 0.6) is 0 Å². The molecule has 3 heterocycles. The highest BCUT2D eigenvalue weighted by molar-refractivity contribution is 8.02. The van der Waals surface area contributed by atoms with E-state index in [1.807, 2.05) is 40.1 Å². The largest absolute Gasteiger partial charge is 0.396 e. The molecule has 1 spiro atoms. The van der Waals surface area contributed by atoms with E-state index in [9.17, 15) is 19.5 Å². The van der Waals surface area contributed by atoms with Gasteiger partial charge in [-0.05, 0) is 44.6 Å². The molecule has 4 fully saturated rings. The van der Waals surface area contributed by atoms with Crippen molar-refractivity contribution in [3.8, 4) is 0 Å². The van der Waals surface area contributed by atoms with Crippen LogP contribution in [-0.4, -0.2) is 85.3 Å². The molecule has 1 saturated carbocycles.